The number of halogens is 1. The van der Waals surface area contributed by atoms with Crippen LogP contribution < -0.4 is 5.32 Å². The zero-order chi connectivity index (χ0) is 24.0. The number of carbonyl (C=O) groups is 1. The van der Waals surface area contributed by atoms with Gasteiger partial charge >= 0.3 is 5.97 Å². The second-order valence-electron chi connectivity index (χ2n) is 11.1. The van der Waals surface area contributed by atoms with E-state index >= 15 is 0 Å². The lowest BCUT2D eigenvalue weighted by Crippen LogP contribution is -2.51. The minimum absolute atomic E-state index is 0.00406. The van der Waals surface area contributed by atoms with Crippen LogP contribution in [0.4, 0.5) is 5.82 Å². The van der Waals surface area contributed by atoms with E-state index in [4.69, 9.17) is 20.8 Å². The van der Waals surface area contributed by atoms with Crippen LogP contribution in [0.15, 0.2) is 12.3 Å². The topological polar surface area (TPSA) is 78.3 Å². The minimum atomic E-state index is -1.82. The Morgan fingerprint density at radius 2 is 1.88 bits per heavy atom. The largest absolute Gasteiger partial charge is 0.469 e. The third-order valence-corrected chi connectivity index (χ3v) is 12.9. The number of nitrogens with zero attached hydrogens (tertiary/aromatic N) is 3. The zero-order valence-corrected chi connectivity index (χ0v) is 22.4. The minimum Gasteiger partial charge on any atom is -0.469 e. The van der Waals surface area contributed by atoms with Crippen molar-refractivity contribution < 1.29 is 14.0 Å². The van der Waals surface area contributed by atoms with E-state index in [1.807, 2.05) is 12.3 Å². The molecule has 0 aliphatic heterocycles. The maximum Gasteiger partial charge on any atom is 0.311 e. The number of methoxy groups -OCH3 is 1. The van der Waals surface area contributed by atoms with Crippen molar-refractivity contribution in [2.75, 3.05) is 19.0 Å². The van der Waals surface area contributed by atoms with Crippen molar-refractivity contribution in [3.05, 3.63) is 17.5 Å². The molecular weight excluding hydrogens is 456 g/mol. The molecule has 0 spiro atoms. The van der Waals surface area contributed by atoms with Gasteiger partial charge in [0.2, 0.25) is 5.28 Å². The molecule has 3 aliphatic carbocycles. The first kappa shape index (κ1) is 24.5. The summed E-state index contributed by atoms with van der Waals surface area (Å²) in [7, 11) is -0.336. The van der Waals surface area contributed by atoms with Gasteiger partial charge in [-0.15, -0.1) is 0 Å². The summed E-state index contributed by atoms with van der Waals surface area (Å²) in [6, 6.07) is 2.03. The second-order valence-corrected chi connectivity index (χ2v) is 16.2. The van der Waals surface area contributed by atoms with Gasteiger partial charge in [0.25, 0.3) is 0 Å². The molecule has 0 aromatic carbocycles. The molecule has 5 rings (SSSR count). The summed E-state index contributed by atoms with van der Waals surface area (Å²) in [6.45, 7) is 12.6. The Hall–Kier alpha value is -1.64. The fourth-order valence-electron chi connectivity index (χ4n) is 5.23. The van der Waals surface area contributed by atoms with Gasteiger partial charge in [-0.05, 0) is 73.3 Å². The Bertz CT molecular complexity index is 1010. The van der Waals surface area contributed by atoms with E-state index in [1.165, 1.54) is 7.11 Å². The van der Waals surface area contributed by atoms with Crippen molar-refractivity contribution in [3.63, 3.8) is 0 Å². The van der Waals surface area contributed by atoms with Gasteiger partial charge in [0, 0.05) is 18.8 Å². The number of aromatic nitrogens is 3. The Balaban J connectivity index is 1.56. The molecule has 2 heterocycles. The zero-order valence-electron chi connectivity index (χ0n) is 20.7. The molecule has 0 saturated heterocycles. The molecule has 2 aromatic rings. The van der Waals surface area contributed by atoms with Gasteiger partial charge in [-0.25, -0.2) is 4.98 Å². The average Bonchev–Trinajstić information content (AvgIpc) is 3.16. The van der Waals surface area contributed by atoms with Crippen molar-refractivity contribution in [3.8, 4) is 0 Å². The molecule has 2 atom stereocenters. The molecule has 3 saturated carbocycles. The summed E-state index contributed by atoms with van der Waals surface area (Å²) in [5.74, 6) is 1.22. The number of ether oxygens (including phenoxy) is 1. The van der Waals surface area contributed by atoms with E-state index < -0.39 is 8.32 Å². The summed E-state index contributed by atoms with van der Waals surface area (Å²) >= 11 is 6.35. The predicted molar refractivity (Wildman–Crippen MR) is 134 cm³/mol. The first-order chi connectivity index (χ1) is 15.5. The molecule has 3 aliphatic rings. The van der Waals surface area contributed by atoms with E-state index in [9.17, 15) is 4.79 Å². The van der Waals surface area contributed by atoms with Gasteiger partial charge in [0.1, 0.15) is 11.5 Å². The Labute approximate surface area is 202 Å². The van der Waals surface area contributed by atoms with Crippen LogP contribution in [0.1, 0.15) is 46.5 Å². The highest BCUT2D eigenvalue weighted by Crippen LogP contribution is 2.47. The standard InChI is InChI=1S/C24H37ClN4O3Si/c1-24(2,3)33(5,6)32-14-13-29-12-11-17-20(27-23(25)28-21(17)29)26-19-16-9-7-15(8-10-16)18(19)22(30)31-4/h11-12,15-16,18-19H,7-10,13-14H2,1-6H3,(H,26,27,28). The molecule has 2 aromatic heterocycles. The molecule has 33 heavy (non-hydrogen) atoms. The number of hydrogen-bond donors (Lipinski definition) is 1. The SMILES string of the molecule is COC(=O)C1C2CCC(CC2)C1Nc1nc(Cl)nc2c1ccn2CCO[Si](C)(C)C(C)(C)C. The van der Waals surface area contributed by atoms with Crippen LogP contribution in [0.25, 0.3) is 11.0 Å². The molecule has 0 radical (unpaired) electrons. The van der Waals surface area contributed by atoms with Gasteiger partial charge in [-0.1, -0.05) is 20.8 Å². The number of anilines is 1. The monoisotopic (exact) mass is 492 g/mol. The maximum absolute atomic E-state index is 12.6. The van der Waals surface area contributed by atoms with E-state index in [0.717, 1.165) is 36.7 Å². The normalized spacial score (nSPS) is 25.4. The highest BCUT2D eigenvalue weighted by atomic mass is 35.5. The lowest BCUT2D eigenvalue weighted by atomic mass is 9.61. The van der Waals surface area contributed by atoms with Crippen LogP contribution in [0.5, 0.6) is 0 Å². The van der Waals surface area contributed by atoms with E-state index in [2.05, 4.69) is 53.7 Å². The van der Waals surface area contributed by atoms with Crippen LogP contribution in [0, 0.1) is 17.8 Å². The quantitative estimate of drug-likeness (QED) is 0.312. The van der Waals surface area contributed by atoms with Crippen molar-refractivity contribution >= 4 is 42.7 Å². The molecule has 2 bridgehead atoms. The van der Waals surface area contributed by atoms with Crippen molar-refractivity contribution in [1.29, 1.82) is 0 Å². The van der Waals surface area contributed by atoms with Gasteiger partial charge < -0.3 is 19.0 Å². The average molecular weight is 493 g/mol. The number of esters is 1. The fourth-order valence-corrected chi connectivity index (χ4v) is 6.43. The first-order valence-corrected chi connectivity index (χ1v) is 15.3. The van der Waals surface area contributed by atoms with Gasteiger partial charge in [0.05, 0.1) is 25.0 Å². The van der Waals surface area contributed by atoms with Gasteiger partial charge in [-0.2, -0.15) is 4.98 Å². The van der Waals surface area contributed by atoms with Crippen LogP contribution in [-0.2, 0) is 20.5 Å². The lowest BCUT2D eigenvalue weighted by molar-refractivity contribution is -0.152. The number of rotatable bonds is 7. The molecule has 1 N–H and O–H groups in total. The van der Waals surface area contributed by atoms with Crippen LogP contribution in [0.3, 0.4) is 0 Å². The van der Waals surface area contributed by atoms with Crippen LogP contribution in [-0.4, -0.2) is 48.6 Å². The molecule has 9 heteroatoms. The molecule has 182 valence electrons. The maximum atomic E-state index is 12.6. The summed E-state index contributed by atoms with van der Waals surface area (Å²) in [6.07, 6.45) is 6.45. The predicted octanol–water partition coefficient (Wildman–Crippen LogP) is 5.50. The summed E-state index contributed by atoms with van der Waals surface area (Å²) in [4.78, 5) is 21.7. The number of hydrogen-bond acceptors (Lipinski definition) is 6. The van der Waals surface area contributed by atoms with E-state index in [1.54, 1.807) is 0 Å². The van der Waals surface area contributed by atoms with E-state index in [-0.39, 0.29) is 28.3 Å². The van der Waals surface area contributed by atoms with Crippen LogP contribution >= 0.6 is 11.6 Å². The molecule has 0 amide bonds. The molecular formula is C24H37ClN4O3Si. The van der Waals surface area contributed by atoms with Crippen molar-refractivity contribution in [2.24, 2.45) is 17.8 Å². The Kier molecular flexibility index (Phi) is 6.82. The number of nitrogens with one attached hydrogen (secondary N) is 1. The van der Waals surface area contributed by atoms with E-state index in [0.29, 0.717) is 30.8 Å². The number of fused-ring (bicyclic) bond motifs is 4. The third kappa shape index (κ3) is 4.79. The Morgan fingerprint density at radius 3 is 2.52 bits per heavy atom. The fraction of sp³-hybridized carbons (Fsp3) is 0.708. The first-order valence-electron chi connectivity index (χ1n) is 12.0. The lowest BCUT2D eigenvalue weighted by Gasteiger charge is -2.47. The highest BCUT2D eigenvalue weighted by molar-refractivity contribution is 6.74. The molecule has 2 unspecified atom stereocenters. The summed E-state index contributed by atoms with van der Waals surface area (Å²) in [5.41, 5.74) is 0.784. The second kappa shape index (κ2) is 9.19. The summed E-state index contributed by atoms with van der Waals surface area (Å²) < 4.78 is 13.6. The molecule has 3 fully saturated rings. The van der Waals surface area contributed by atoms with Crippen molar-refractivity contribution in [2.45, 2.75) is 77.2 Å². The molecule has 7 nitrogen and oxygen atoms in total. The number of carbonyl (C=O) groups excluding carboxylic acids is 1. The van der Waals surface area contributed by atoms with Gasteiger partial charge in [-0.3, -0.25) is 4.79 Å². The van der Waals surface area contributed by atoms with Crippen molar-refractivity contribution in [1.82, 2.24) is 14.5 Å². The smallest absolute Gasteiger partial charge is 0.311 e. The summed E-state index contributed by atoms with van der Waals surface area (Å²) in [5, 5.41) is 4.88. The Morgan fingerprint density at radius 1 is 1.21 bits per heavy atom. The van der Waals surface area contributed by atoms with Gasteiger partial charge in [0.15, 0.2) is 8.32 Å². The van der Waals surface area contributed by atoms with Crippen LogP contribution in [0.2, 0.25) is 23.4 Å². The third-order valence-electron chi connectivity index (χ3n) is 8.19. The highest BCUT2D eigenvalue weighted by Gasteiger charge is 2.48.